The molecule has 0 aliphatic carbocycles. The first-order valence-corrected chi connectivity index (χ1v) is 10.1. The van der Waals surface area contributed by atoms with E-state index < -0.39 is 0 Å². The van der Waals surface area contributed by atoms with Crippen molar-refractivity contribution in [1.29, 1.82) is 0 Å². The van der Waals surface area contributed by atoms with Crippen LogP contribution in [0, 0.1) is 13.8 Å². The second-order valence-corrected chi connectivity index (χ2v) is 7.67. The molecule has 5 nitrogen and oxygen atoms in total. The second kappa shape index (κ2) is 8.13. The lowest BCUT2D eigenvalue weighted by Crippen LogP contribution is -2.40. The van der Waals surface area contributed by atoms with Crippen molar-refractivity contribution in [3.8, 4) is 11.5 Å². The van der Waals surface area contributed by atoms with Crippen molar-refractivity contribution in [3.63, 3.8) is 0 Å². The van der Waals surface area contributed by atoms with Crippen molar-refractivity contribution >= 4 is 6.03 Å². The number of carbonyl (C=O) groups excluding carboxylic acids is 1. The molecule has 0 radical (unpaired) electrons. The zero-order valence-electron chi connectivity index (χ0n) is 16.7. The maximum atomic E-state index is 12.8. The minimum atomic E-state index is 0.0159. The van der Waals surface area contributed by atoms with E-state index >= 15 is 0 Å². The van der Waals surface area contributed by atoms with E-state index in [2.05, 4.69) is 43.4 Å². The zero-order chi connectivity index (χ0) is 19.5. The quantitative estimate of drug-likeness (QED) is 0.866. The van der Waals surface area contributed by atoms with Gasteiger partial charge in [0.1, 0.15) is 13.2 Å². The van der Waals surface area contributed by atoms with E-state index in [4.69, 9.17) is 9.47 Å². The average molecular weight is 380 g/mol. The van der Waals surface area contributed by atoms with E-state index in [1.807, 2.05) is 17.0 Å². The van der Waals surface area contributed by atoms with Crippen LogP contribution in [0.5, 0.6) is 11.5 Å². The molecule has 0 spiro atoms. The molecule has 2 amide bonds. The molecule has 2 aromatic carbocycles. The highest BCUT2D eigenvalue weighted by atomic mass is 16.6. The summed E-state index contributed by atoms with van der Waals surface area (Å²) in [5, 5.41) is 3.11. The van der Waals surface area contributed by atoms with E-state index in [0.717, 1.165) is 42.9 Å². The maximum absolute atomic E-state index is 12.8. The van der Waals surface area contributed by atoms with Crippen LogP contribution in [-0.2, 0) is 6.42 Å². The Hall–Kier alpha value is -2.69. The normalized spacial score (nSPS) is 18.2. The number of fused-ring (bicyclic) bond motifs is 1. The molecule has 2 aliphatic rings. The topological polar surface area (TPSA) is 50.8 Å². The number of benzene rings is 2. The molecule has 1 N–H and O–H groups in total. The summed E-state index contributed by atoms with van der Waals surface area (Å²) in [6, 6.07) is 12.6. The first-order valence-electron chi connectivity index (χ1n) is 10.1. The molecular weight excluding hydrogens is 352 g/mol. The molecule has 0 aromatic heterocycles. The fraction of sp³-hybridized carbons (Fsp3) is 0.435. The van der Waals surface area contributed by atoms with Gasteiger partial charge < -0.3 is 19.7 Å². The van der Waals surface area contributed by atoms with Crippen LogP contribution in [-0.4, -0.2) is 37.2 Å². The number of nitrogens with zero attached hydrogens (tertiary/aromatic N) is 1. The number of likely N-dealkylation sites (tertiary alicyclic amines) is 1. The van der Waals surface area contributed by atoms with Crippen molar-refractivity contribution in [2.75, 3.05) is 26.3 Å². The van der Waals surface area contributed by atoms with Crippen LogP contribution in [0.3, 0.4) is 0 Å². The minimum absolute atomic E-state index is 0.0159. The van der Waals surface area contributed by atoms with Crippen LogP contribution in [0.4, 0.5) is 4.79 Å². The Kier molecular flexibility index (Phi) is 5.42. The molecule has 148 valence electrons. The van der Waals surface area contributed by atoms with Gasteiger partial charge in [-0.2, -0.15) is 0 Å². The minimum Gasteiger partial charge on any atom is -0.486 e. The monoisotopic (exact) mass is 380 g/mol. The lowest BCUT2D eigenvalue weighted by molar-refractivity contribution is 0.170. The molecule has 0 saturated carbocycles. The van der Waals surface area contributed by atoms with Gasteiger partial charge in [0.25, 0.3) is 0 Å². The Balaban J connectivity index is 1.38. The lowest BCUT2D eigenvalue weighted by Gasteiger charge is -2.27. The number of rotatable bonds is 4. The number of aryl methyl sites for hydroxylation is 2. The molecule has 1 unspecified atom stereocenters. The molecule has 28 heavy (non-hydrogen) atoms. The van der Waals surface area contributed by atoms with Crippen LogP contribution < -0.4 is 14.8 Å². The maximum Gasteiger partial charge on any atom is 0.317 e. The van der Waals surface area contributed by atoms with Gasteiger partial charge in [-0.15, -0.1) is 0 Å². The third-order valence-corrected chi connectivity index (χ3v) is 5.63. The van der Waals surface area contributed by atoms with E-state index in [-0.39, 0.29) is 12.1 Å². The Morgan fingerprint density at radius 1 is 1.11 bits per heavy atom. The summed E-state index contributed by atoms with van der Waals surface area (Å²) >= 11 is 0. The molecule has 2 aromatic rings. The largest absolute Gasteiger partial charge is 0.486 e. The summed E-state index contributed by atoms with van der Waals surface area (Å²) in [5.74, 6) is 1.57. The van der Waals surface area contributed by atoms with Gasteiger partial charge in [0.2, 0.25) is 0 Å². The number of amides is 2. The molecule has 1 atom stereocenters. The fourth-order valence-electron chi connectivity index (χ4n) is 4.16. The van der Waals surface area contributed by atoms with Crippen LogP contribution in [0.2, 0.25) is 0 Å². The molecular formula is C23H28N2O3. The first kappa shape index (κ1) is 18.7. The van der Waals surface area contributed by atoms with Crippen LogP contribution in [0.15, 0.2) is 36.4 Å². The summed E-state index contributed by atoms with van der Waals surface area (Å²) < 4.78 is 11.3. The average Bonchev–Trinajstić information content (AvgIpc) is 3.19. The number of carbonyl (C=O) groups is 1. The van der Waals surface area contributed by atoms with Gasteiger partial charge in [-0.05, 0) is 61.9 Å². The Bertz CT molecular complexity index is 865. The molecule has 2 heterocycles. The highest BCUT2D eigenvalue weighted by molar-refractivity contribution is 5.75. The van der Waals surface area contributed by atoms with E-state index in [1.165, 1.54) is 16.7 Å². The number of hydrogen-bond donors (Lipinski definition) is 1. The fourth-order valence-corrected chi connectivity index (χ4v) is 4.16. The van der Waals surface area contributed by atoms with Crippen molar-refractivity contribution in [2.45, 2.75) is 39.2 Å². The van der Waals surface area contributed by atoms with Gasteiger partial charge in [0, 0.05) is 13.1 Å². The number of hydrogen-bond acceptors (Lipinski definition) is 3. The standard InChI is InChI=1S/C23H28N2O3/c1-16-5-6-18(17(2)14-16)9-10-24-23(26)25-11-3-4-20(25)19-7-8-21-22(15-19)28-13-12-27-21/h5-8,14-15,20H,3-4,9-13H2,1-2H3,(H,24,26). The van der Waals surface area contributed by atoms with Crippen molar-refractivity contribution in [2.24, 2.45) is 0 Å². The number of ether oxygens (including phenoxy) is 2. The second-order valence-electron chi connectivity index (χ2n) is 7.67. The molecule has 0 bridgehead atoms. The first-order chi connectivity index (χ1) is 13.6. The van der Waals surface area contributed by atoms with Gasteiger partial charge in [-0.3, -0.25) is 0 Å². The van der Waals surface area contributed by atoms with E-state index in [0.29, 0.717) is 19.8 Å². The Morgan fingerprint density at radius 3 is 2.75 bits per heavy atom. The highest BCUT2D eigenvalue weighted by Crippen LogP contribution is 2.38. The summed E-state index contributed by atoms with van der Waals surface area (Å²) in [6.07, 6.45) is 2.84. The Labute approximate surface area is 166 Å². The van der Waals surface area contributed by atoms with Crippen LogP contribution in [0.1, 0.15) is 41.1 Å². The smallest absolute Gasteiger partial charge is 0.317 e. The Morgan fingerprint density at radius 2 is 1.93 bits per heavy atom. The van der Waals surface area contributed by atoms with Gasteiger partial charge in [-0.1, -0.05) is 29.8 Å². The lowest BCUT2D eigenvalue weighted by atomic mass is 10.0. The summed E-state index contributed by atoms with van der Waals surface area (Å²) in [4.78, 5) is 14.8. The molecule has 1 fully saturated rings. The molecule has 4 rings (SSSR count). The van der Waals surface area contributed by atoms with Gasteiger partial charge in [-0.25, -0.2) is 4.79 Å². The van der Waals surface area contributed by atoms with Gasteiger partial charge in [0.05, 0.1) is 6.04 Å². The highest BCUT2D eigenvalue weighted by Gasteiger charge is 2.30. The van der Waals surface area contributed by atoms with Crippen molar-refractivity contribution in [1.82, 2.24) is 10.2 Å². The predicted molar refractivity (Wildman–Crippen MR) is 109 cm³/mol. The zero-order valence-corrected chi connectivity index (χ0v) is 16.7. The number of urea groups is 1. The van der Waals surface area contributed by atoms with Gasteiger partial charge >= 0.3 is 6.03 Å². The molecule has 2 aliphatic heterocycles. The van der Waals surface area contributed by atoms with Gasteiger partial charge in [0.15, 0.2) is 11.5 Å². The summed E-state index contributed by atoms with van der Waals surface area (Å²) in [6.45, 7) is 6.82. The SMILES string of the molecule is Cc1ccc(CCNC(=O)N2CCCC2c2ccc3c(c2)OCCO3)c(C)c1. The summed E-state index contributed by atoms with van der Waals surface area (Å²) in [7, 11) is 0. The number of nitrogens with one attached hydrogen (secondary N) is 1. The molecule has 1 saturated heterocycles. The van der Waals surface area contributed by atoms with E-state index in [1.54, 1.807) is 0 Å². The third-order valence-electron chi connectivity index (χ3n) is 5.63. The van der Waals surface area contributed by atoms with Crippen molar-refractivity contribution in [3.05, 3.63) is 58.7 Å². The van der Waals surface area contributed by atoms with Crippen LogP contribution >= 0.6 is 0 Å². The summed E-state index contributed by atoms with van der Waals surface area (Å²) in [5.41, 5.74) is 4.95. The predicted octanol–water partition coefficient (Wildman–Crippen LogP) is 4.16. The van der Waals surface area contributed by atoms with Crippen LogP contribution in [0.25, 0.3) is 0 Å². The van der Waals surface area contributed by atoms with E-state index in [9.17, 15) is 4.79 Å². The van der Waals surface area contributed by atoms with Crippen molar-refractivity contribution < 1.29 is 14.3 Å². The molecule has 5 heteroatoms. The third kappa shape index (κ3) is 3.93.